The van der Waals surface area contributed by atoms with Crippen LogP contribution in [0, 0.1) is 0 Å². The van der Waals surface area contributed by atoms with Crippen molar-refractivity contribution in [1.82, 2.24) is 19.9 Å². The second-order valence-corrected chi connectivity index (χ2v) is 15.7. The van der Waals surface area contributed by atoms with Gasteiger partial charge in [-0.3, -0.25) is 4.90 Å². The summed E-state index contributed by atoms with van der Waals surface area (Å²) in [6.07, 6.45) is 0. The minimum atomic E-state index is 0.540. The molecule has 0 bridgehead atoms. The molecular formula is C52H32N6S. The number of para-hydroxylation sites is 3. The molecule has 2 aromatic heterocycles. The van der Waals surface area contributed by atoms with Crippen LogP contribution in [0.4, 0.5) is 34.4 Å². The molecule has 0 unspecified atom stereocenters. The van der Waals surface area contributed by atoms with Crippen molar-refractivity contribution in [1.29, 1.82) is 0 Å². The molecule has 0 amide bonds. The second-order valence-electron chi connectivity index (χ2n) is 14.6. The highest BCUT2D eigenvalue weighted by Crippen LogP contribution is 2.55. The molecule has 0 atom stereocenters. The number of rotatable bonds is 5. The van der Waals surface area contributed by atoms with E-state index >= 15 is 0 Å². The number of pyridine rings is 1. The molecule has 0 radical (unpaired) electrons. The van der Waals surface area contributed by atoms with E-state index in [0.717, 1.165) is 72.2 Å². The number of hydrogen-bond acceptors (Lipinski definition) is 7. The Bertz CT molecular complexity index is 3160. The van der Waals surface area contributed by atoms with Crippen LogP contribution < -0.4 is 9.80 Å². The molecule has 0 fully saturated rings. The van der Waals surface area contributed by atoms with Crippen LogP contribution in [0.3, 0.4) is 0 Å². The van der Waals surface area contributed by atoms with Gasteiger partial charge in [-0.25, -0.2) is 9.97 Å². The number of nitrogens with zero attached hydrogens (tertiary/aromatic N) is 6. The maximum atomic E-state index is 5.47. The minimum absolute atomic E-state index is 0.540. The predicted octanol–water partition coefficient (Wildman–Crippen LogP) is 14.0. The van der Waals surface area contributed by atoms with Crippen molar-refractivity contribution < 1.29 is 0 Å². The summed E-state index contributed by atoms with van der Waals surface area (Å²) in [4.78, 5) is 28.1. The van der Waals surface area contributed by atoms with Crippen molar-refractivity contribution in [3.8, 4) is 45.2 Å². The van der Waals surface area contributed by atoms with E-state index in [4.69, 9.17) is 19.9 Å². The van der Waals surface area contributed by atoms with Crippen LogP contribution in [0.15, 0.2) is 204 Å². The molecule has 0 spiro atoms. The molecule has 0 N–H and O–H groups in total. The van der Waals surface area contributed by atoms with Gasteiger partial charge in [-0.05, 0) is 71.1 Å². The first-order chi connectivity index (χ1) is 29.3. The Balaban J connectivity index is 1.09. The third-order valence-electron chi connectivity index (χ3n) is 11.2. The van der Waals surface area contributed by atoms with Crippen LogP contribution in [0.2, 0.25) is 0 Å². The lowest BCUT2D eigenvalue weighted by molar-refractivity contribution is 1.02. The molecule has 59 heavy (non-hydrogen) atoms. The van der Waals surface area contributed by atoms with Gasteiger partial charge in [0.15, 0.2) is 11.6 Å². The molecule has 2 aliphatic rings. The van der Waals surface area contributed by atoms with Crippen LogP contribution in [-0.4, -0.2) is 19.9 Å². The molecule has 8 aromatic carbocycles. The zero-order chi connectivity index (χ0) is 38.9. The van der Waals surface area contributed by atoms with Crippen molar-refractivity contribution in [3.63, 3.8) is 0 Å². The fraction of sp³-hybridized carbons (Fsp3) is 0. The summed E-state index contributed by atoms with van der Waals surface area (Å²) < 4.78 is 0. The lowest BCUT2D eigenvalue weighted by Crippen LogP contribution is -2.19. The van der Waals surface area contributed by atoms with Gasteiger partial charge < -0.3 is 4.90 Å². The Morgan fingerprint density at radius 1 is 0.373 bits per heavy atom. The maximum Gasteiger partial charge on any atom is 0.238 e. The molecule has 7 heteroatoms. The van der Waals surface area contributed by atoms with Crippen LogP contribution >= 0.6 is 11.8 Å². The van der Waals surface area contributed by atoms with Gasteiger partial charge in [0.25, 0.3) is 0 Å². The highest BCUT2D eigenvalue weighted by molar-refractivity contribution is 7.99. The molecule has 2 aliphatic heterocycles. The summed E-state index contributed by atoms with van der Waals surface area (Å²) in [5, 5.41) is 3.29. The van der Waals surface area contributed by atoms with Gasteiger partial charge in [-0.1, -0.05) is 151 Å². The number of aromatic nitrogens is 4. The van der Waals surface area contributed by atoms with E-state index in [1.54, 1.807) is 0 Å². The van der Waals surface area contributed by atoms with E-state index in [-0.39, 0.29) is 0 Å². The summed E-state index contributed by atoms with van der Waals surface area (Å²) in [6, 6.07) is 67.9. The van der Waals surface area contributed by atoms with Gasteiger partial charge >= 0.3 is 0 Å². The third-order valence-corrected chi connectivity index (χ3v) is 12.4. The van der Waals surface area contributed by atoms with Crippen molar-refractivity contribution in [2.45, 2.75) is 9.79 Å². The van der Waals surface area contributed by atoms with Crippen LogP contribution in [0.1, 0.15) is 0 Å². The Labute approximate surface area is 345 Å². The van der Waals surface area contributed by atoms with Gasteiger partial charge in [0.2, 0.25) is 5.95 Å². The molecule has 4 heterocycles. The van der Waals surface area contributed by atoms with E-state index in [0.29, 0.717) is 17.6 Å². The normalized spacial score (nSPS) is 12.6. The smallest absolute Gasteiger partial charge is 0.238 e. The van der Waals surface area contributed by atoms with E-state index in [1.165, 1.54) is 21.2 Å². The van der Waals surface area contributed by atoms with E-state index < -0.39 is 0 Å². The van der Waals surface area contributed by atoms with Crippen molar-refractivity contribution >= 4 is 67.8 Å². The maximum absolute atomic E-state index is 5.47. The average molecular weight is 773 g/mol. The molecule has 10 aromatic rings. The number of anilines is 6. The van der Waals surface area contributed by atoms with Crippen molar-refractivity contribution in [2.75, 3.05) is 9.80 Å². The molecule has 0 aliphatic carbocycles. The lowest BCUT2D eigenvalue weighted by atomic mass is 9.88. The van der Waals surface area contributed by atoms with Crippen LogP contribution in [0.25, 0.3) is 66.8 Å². The fourth-order valence-corrected chi connectivity index (χ4v) is 9.65. The van der Waals surface area contributed by atoms with Crippen molar-refractivity contribution in [2.24, 2.45) is 0 Å². The molecule has 6 nitrogen and oxygen atoms in total. The third kappa shape index (κ3) is 5.43. The summed E-state index contributed by atoms with van der Waals surface area (Å²) in [5.74, 6) is 1.76. The monoisotopic (exact) mass is 772 g/mol. The lowest BCUT2D eigenvalue weighted by Gasteiger charge is -2.33. The van der Waals surface area contributed by atoms with E-state index in [1.807, 2.05) is 72.4 Å². The molecule has 12 rings (SSSR count). The Morgan fingerprint density at radius 2 is 0.932 bits per heavy atom. The average Bonchev–Trinajstić information content (AvgIpc) is 3.31. The predicted molar refractivity (Wildman–Crippen MR) is 241 cm³/mol. The van der Waals surface area contributed by atoms with E-state index in [2.05, 4.69) is 143 Å². The summed E-state index contributed by atoms with van der Waals surface area (Å²) in [6.45, 7) is 0. The minimum Gasteiger partial charge on any atom is -0.308 e. The quantitative estimate of drug-likeness (QED) is 0.161. The Morgan fingerprint density at radius 3 is 1.63 bits per heavy atom. The van der Waals surface area contributed by atoms with Gasteiger partial charge in [0, 0.05) is 42.9 Å². The highest BCUT2D eigenvalue weighted by atomic mass is 32.2. The Kier molecular flexibility index (Phi) is 7.68. The van der Waals surface area contributed by atoms with Crippen molar-refractivity contribution in [3.05, 3.63) is 194 Å². The van der Waals surface area contributed by atoms with Gasteiger partial charge in [0.05, 0.1) is 34.0 Å². The second kappa shape index (κ2) is 13.5. The standard InChI is InChI=1S/C52H32N6S/c1-3-15-34(16-4-1)50-54-51(35-17-5-2-6-18-35)56-52(55-50)58-43-25-13-20-37(47(43)49-48-39(21-14-26-44(48)58)38-19-7-8-22-40(38)53-49)33-29-31-36(32-30-33)57-41-23-9-11-27-45(41)59-46-28-12-10-24-42(46)57/h1-32H. The van der Waals surface area contributed by atoms with Gasteiger partial charge in [0.1, 0.15) is 0 Å². The first-order valence-corrected chi connectivity index (χ1v) is 20.5. The Hall–Kier alpha value is -7.61. The zero-order valence-corrected chi connectivity index (χ0v) is 32.4. The SMILES string of the molecule is c1ccc(-c2nc(-c3ccccc3)nc(N3c4cccc(-c5ccc(N6c7ccccc7Sc7ccccc76)cc5)c4-c4nc5ccccc5c5cccc3c45)n2)cc1. The first kappa shape index (κ1) is 33.5. The van der Waals surface area contributed by atoms with Gasteiger partial charge in [-0.2, -0.15) is 9.97 Å². The summed E-state index contributed by atoms with van der Waals surface area (Å²) in [7, 11) is 0. The largest absolute Gasteiger partial charge is 0.308 e. The highest BCUT2D eigenvalue weighted by Gasteiger charge is 2.32. The van der Waals surface area contributed by atoms with Crippen LogP contribution in [0.5, 0.6) is 0 Å². The van der Waals surface area contributed by atoms with Crippen LogP contribution in [-0.2, 0) is 0 Å². The molecule has 0 saturated heterocycles. The zero-order valence-electron chi connectivity index (χ0n) is 31.6. The molecule has 276 valence electrons. The summed E-state index contributed by atoms with van der Waals surface area (Å²) in [5.41, 5.74) is 12.3. The summed E-state index contributed by atoms with van der Waals surface area (Å²) >= 11 is 1.82. The number of benzene rings is 8. The number of fused-ring (bicyclic) bond motifs is 6. The van der Waals surface area contributed by atoms with Gasteiger partial charge in [-0.15, -0.1) is 0 Å². The van der Waals surface area contributed by atoms with E-state index in [9.17, 15) is 0 Å². The fourth-order valence-electron chi connectivity index (χ4n) is 8.59. The molecule has 0 saturated carbocycles. The first-order valence-electron chi connectivity index (χ1n) is 19.7. The topological polar surface area (TPSA) is 58.0 Å². The molecular weight excluding hydrogens is 741 g/mol. The number of hydrogen-bond donors (Lipinski definition) is 0.